The molecule has 1 aromatic carbocycles. The van der Waals surface area contributed by atoms with Gasteiger partial charge in [0.05, 0.1) is 0 Å². The van der Waals surface area contributed by atoms with Crippen molar-refractivity contribution in [1.82, 2.24) is 14.9 Å². The Kier molecular flexibility index (Phi) is 4.31. The Hall–Kier alpha value is -2.92. The third-order valence-corrected chi connectivity index (χ3v) is 5.00. The van der Waals surface area contributed by atoms with Crippen molar-refractivity contribution in [2.24, 2.45) is 0 Å². The van der Waals surface area contributed by atoms with Crippen molar-refractivity contribution in [3.8, 4) is 10.4 Å². The van der Waals surface area contributed by atoms with E-state index in [0.717, 1.165) is 22.0 Å². The highest BCUT2D eigenvalue weighted by Gasteiger charge is 2.07. The van der Waals surface area contributed by atoms with Crippen molar-refractivity contribution in [2.45, 2.75) is 13.1 Å². The van der Waals surface area contributed by atoms with Gasteiger partial charge in [-0.15, -0.1) is 11.3 Å². The number of fused-ring (bicyclic) bond motifs is 1. The van der Waals surface area contributed by atoms with Crippen LogP contribution in [0.1, 0.15) is 5.56 Å². The van der Waals surface area contributed by atoms with Crippen LogP contribution in [0.4, 0.5) is 0 Å². The summed E-state index contributed by atoms with van der Waals surface area (Å²) >= 11 is 1.68. The first kappa shape index (κ1) is 15.6. The fourth-order valence-electron chi connectivity index (χ4n) is 2.85. The molecule has 0 aliphatic carbocycles. The first-order chi connectivity index (χ1) is 12.3. The molecule has 0 radical (unpaired) electrons. The van der Waals surface area contributed by atoms with Crippen molar-refractivity contribution in [3.63, 3.8) is 0 Å². The molecule has 0 bridgehead atoms. The lowest BCUT2D eigenvalue weighted by Crippen LogP contribution is -2.26. The van der Waals surface area contributed by atoms with Crippen molar-refractivity contribution in [3.05, 3.63) is 78.1 Å². The predicted octanol–water partition coefficient (Wildman–Crippen LogP) is 4.08. The number of hydrogen-bond donors (Lipinski definition) is 1. The first-order valence-corrected chi connectivity index (χ1v) is 8.96. The summed E-state index contributed by atoms with van der Waals surface area (Å²) in [7, 11) is 0. The second-order valence-electron chi connectivity index (χ2n) is 5.84. The van der Waals surface area contributed by atoms with E-state index < -0.39 is 0 Å². The van der Waals surface area contributed by atoms with E-state index in [-0.39, 0.29) is 5.91 Å². The molecular formula is C20H17N3OS. The van der Waals surface area contributed by atoms with Crippen LogP contribution in [-0.2, 0) is 17.9 Å². The Morgan fingerprint density at radius 1 is 1.12 bits per heavy atom. The predicted molar refractivity (Wildman–Crippen MR) is 101 cm³/mol. The standard InChI is InChI=1S/C20H17N3OS/c24-20(14-23-8-7-16-4-1-2-5-18(16)23)22-12-15-10-17(13-21-11-15)19-6-3-9-25-19/h1-11,13H,12,14H2,(H,22,24). The normalized spacial score (nSPS) is 10.9. The highest BCUT2D eigenvalue weighted by atomic mass is 32.1. The van der Waals surface area contributed by atoms with Gasteiger partial charge < -0.3 is 9.88 Å². The average molecular weight is 347 g/mol. The van der Waals surface area contributed by atoms with Gasteiger partial charge in [0.25, 0.3) is 0 Å². The Morgan fingerprint density at radius 3 is 2.92 bits per heavy atom. The van der Waals surface area contributed by atoms with Crippen LogP contribution in [0.15, 0.2) is 72.5 Å². The maximum absolute atomic E-state index is 12.3. The van der Waals surface area contributed by atoms with Gasteiger partial charge in [-0.1, -0.05) is 24.3 Å². The van der Waals surface area contributed by atoms with Crippen LogP contribution in [0.25, 0.3) is 21.3 Å². The molecule has 5 heteroatoms. The Labute approximate surface area is 149 Å². The molecule has 4 aromatic rings. The Bertz CT molecular complexity index is 1000. The third kappa shape index (κ3) is 3.46. The molecule has 0 fully saturated rings. The molecule has 0 saturated carbocycles. The lowest BCUT2D eigenvalue weighted by atomic mass is 10.2. The Balaban J connectivity index is 1.41. The van der Waals surface area contributed by atoms with E-state index >= 15 is 0 Å². The maximum Gasteiger partial charge on any atom is 0.240 e. The zero-order chi connectivity index (χ0) is 17.1. The zero-order valence-corrected chi connectivity index (χ0v) is 14.4. The van der Waals surface area contributed by atoms with Crippen LogP contribution in [-0.4, -0.2) is 15.5 Å². The monoisotopic (exact) mass is 347 g/mol. The van der Waals surface area contributed by atoms with Crippen LogP contribution < -0.4 is 5.32 Å². The van der Waals surface area contributed by atoms with Gasteiger partial charge in [-0.2, -0.15) is 0 Å². The summed E-state index contributed by atoms with van der Waals surface area (Å²) in [4.78, 5) is 17.8. The number of nitrogens with zero attached hydrogens (tertiary/aromatic N) is 2. The number of carbonyl (C=O) groups is 1. The van der Waals surface area contributed by atoms with Gasteiger partial charge in [-0.3, -0.25) is 9.78 Å². The van der Waals surface area contributed by atoms with Gasteiger partial charge in [0.1, 0.15) is 6.54 Å². The largest absolute Gasteiger partial charge is 0.350 e. The summed E-state index contributed by atoms with van der Waals surface area (Å²) in [5.74, 6) is -0.0112. The van der Waals surface area contributed by atoms with Gasteiger partial charge in [0.2, 0.25) is 5.91 Å². The lowest BCUT2D eigenvalue weighted by molar-refractivity contribution is -0.121. The fraction of sp³-hybridized carbons (Fsp3) is 0.100. The summed E-state index contributed by atoms with van der Waals surface area (Å²) < 4.78 is 1.96. The number of pyridine rings is 1. The van der Waals surface area contributed by atoms with Crippen LogP contribution >= 0.6 is 11.3 Å². The first-order valence-electron chi connectivity index (χ1n) is 8.08. The zero-order valence-electron chi connectivity index (χ0n) is 13.6. The Morgan fingerprint density at radius 2 is 2.04 bits per heavy atom. The molecule has 3 heterocycles. The minimum atomic E-state index is -0.0112. The van der Waals surface area contributed by atoms with Gasteiger partial charge in [-0.05, 0) is 40.6 Å². The summed E-state index contributed by atoms with van der Waals surface area (Å²) in [6, 6.07) is 16.2. The van der Waals surface area contributed by atoms with Gasteiger partial charge in [0, 0.05) is 41.1 Å². The minimum Gasteiger partial charge on any atom is -0.350 e. The molecule has 0 aliphatic heterocycles. The molecule has 124 valence electrons. The molecular weight excluding hydrogens is 330 g/mol. The van der Waals surface area contributed by atoms with Gasteiger partial charge in [0.15, 0.2) is 0 Å². The van der Waals surface area contributed by atoms with E-state index in [4.69, 9.17) is 0 Å². The fourth-order valence-corrected chi connectivity index (χ4v) is 3.56. The number of nitrogens with one attached hydrogen (secondary N) is 1. The highest BCUT2D eigenvalue weighted by molar-refractivity contribution is 7.13. The smallest absolute Gasteiger partial charge is 0.240 e. The number of aromatic nitrogens is 2. The molecule has 0 aliphatic rings. The van der Waals surface area contributed by atoms with Crippen LogP contribution in [0, 0.1) is 0 Å². The highest BCUT2D eigenvalue weighted by Crippen LogP contribution is 2.24. The van der Waals surface area contributed by atoms with Crippen molar-refractivity contribution in [1.29, 1.82) is 0 Å². The van der Waals surface area contributed by atoms with E-state index in [9.17, 15) is 4.79 Å². The van der Waals surface area contributed by atoms with Gasteiger partial charge in [-0.25, -0.2) is 0 Å². The van der Waals surface area contributed by atoms with E-state index in [2.05, 4.69) is 22.4 Å². The molecule has 0 atom stereocenters. The van der Waals surface area contributed by atoms with E-state index in [0.29, 0.717) is 13.1 Å². The molecule has 4 nitrogen and oxygen atoms in total. The average Bonchev–Trinajstić information content (AvgIpc) is 3.31. The quantitative estimate of drug-likeness (QED) is 0.591. The molecule has 1 amide bonds. The van der Waals surface area contributed by atoms with Crippen LogP contribution in [0.5, 0.6) is 0 Å². The number of benzene rings is 1. The number of hydrogen-bond acceptors (Lipinski definition) is 3. The molecule has 3 aromatic heterocycles. The maximum atomic E-state index is 12.3. The van der Waals surface area contributed by atoms with E-state index in [1.807, 2.05) is 58.7 Å². The van der Waals surface area contributed by atoms with Crippen LogP contribution in [0.3, 0.4) is 0 Å². The SMILES string of the molecule is O=C(Cn1ccc2ccccc21)NCc1cncc(-c2cccs2)c1. The molecule has 4 rings (SSSR count). The number of rotatable bonds is 5. The number of amides is 1. The second kappa shape index (κ2) is 6.91. The van der Waals surface area contributed by atoms with E-state index in [1.165, 1.54) is 4.88 Å². The van der Waals surface area contributed by atoms with Gasteiger partial charge >= 0.3 is 0 Å². The summed E-state index contributed by atoms with van der Waals surface area (Å²) in [6.45, 7) is 0.788. The van der Waals surface area contributed by atoms with Crippen LogP contribution in [0.2, 0.25) is 0 Å². The topological polar surface area (TPSA) is 46.9 Å². The summed E-state index contributed by atoms with van der Waals surface area (Å²) in [6.07, 6.45) is 5.59. The third-order valence-electron chi connectivity index (χ3n) is 4.08. The van der Waals surface area contributed by atoms with Crippen molar-refractivity contribution in [2.75, 3.05) is 0 Å². The summed E-state index contributed by atoms with van der Waals surface area (Å²) in [5, 5.41) is 6.17. The van der Waals surface area contributed by atoms with Crippen molar-refractivity contribution < 1.29 is 4.79 Å². The molecule has 0 spiro atoms. The van der Waals surface area contributed by atoms with E-state index in [1.54, 1.807) is 17.5 Å². The number of para-hydroxylation sites is 1. The van der Waals surface area contributed by atoms with Crippen molar-refractivity contribution >= 4 is 28.1 Å². The molecule has 0 unspecified atom stereocenters. The molecule has 0 saturated heterocycles. The molecule has 1 N–H and O–H groups in total. The number of carbonyl (C=O) groups excluding carboxylic acids is 1. The minimum absolute atomic E-state index is 0.0112. The number of thiophene rings is 1. The lowest BCUT2D eigenvalue weighted by Gasteiger charge is -2.08. The summed E-state index contributed by atoms with van der Waals surface area (Å²) in [5.41, 5.74) is 3.15. The second-order valence-corrected chi connectivity index (χ2v) is 6.79. The molecule has 25 heavy (non-hydrogen) atoms.